The van der Waals surface area contributed by atoms with Crippen molar-refractivity contribution in [3.05, 3.63) is 59.3 Å². The molecule has 0 fully saturated rings. The number of methoxy groups -OCH3 is 1. The summed E-state index contributed by atoms with van der Waals surface area (Å²) in [6.45, 7) is 8.36. The number of hydrogen-bond donors (Lipinski definition) is 0. The number of allylic oxidation sites excluding steroid dienone is 1. The molecule has 0 saturated heterocycles. The van der Waals surface area contributed by atoms with E-state index >= 15 is 0 Å². The second-order valence-corrected chi connectivity index (χ2v) is 5.64. The van der Waals surface area contributed by atoms with Crippen molar-refractivity contribution in [2.45, 2.75) is 20.3 Å². The maximum atomic E-state index is 12.7. The van der Waals surface area contributed by atoms with Gasteiger partial charge in [0.15, 0.2) is 0 Å². The van der Waals surface area contributed by atoms with E-state index in [1.165, 1.54) is 7.11 Å². The minimum absolute atomic E-state index is 0.174. The summed E-state index contributed by atoms with van der Waals surface area (Å²) < 4.78 is 10.3. The lowest BCUT2D eigenvalue weighted by atomic mass is 10.0. The van der Waals surface area contributed by atoms with Gasteiger partial charge in [0, 0.05) is 12.2 Å². The van der Waals surface area contributed by atoms with Gasteiger partial charge in [0.05, 0.1) is 18.3 Å². The molecule has 25 heavy (non-hydrogen) atoms. The molecule has 1 heterocycles. The number of esters is 1. The van der Waals surface area contributed by atoms with Gasteiger partial charge in [-0.25, -0.2) is 4.79 Å². The first-order valence-electron chi connectivity index (χ1n) is 8.20. The van der Waals surface area contributed by atoms with Crippen molar-refractivity contribution >= 4 is 18.0 Å². The largest absolute Gasteiger partial charge is 0.490 e. The lowest BCUT2D eigenvalue weighted by molar-refractivity contribution is -0.136. The summed E-state index contributed by atoms with van der Waals surface area (Å²) in [4.78, 5) is 26.5. The van der Waals surface area contributed by atoms with Crippen LogP contribution in [-0.2, 0) is 14.3 Å². The molecular weight excluding hydrogens is 318 g/mol. The van der Waals surface area contributed by atoms with Crippen LogP contribution in [0.15, 0.2) is 53.8 Å². The first-order valence-corrected chi connectivity index (χ1v) is 8.20. The van der Waals surface area contributed by atoms with Crippen LogP contribution in [0.2, 0.25) is 0 Å². The van der Waals surface area contributed by atoms with Crippen LogP contribution >= 0.6 is 0 Å². The average Bonchev–Trinajstić information content (AvgIpc) is 2.85. The lowest BCUT2D eigenvalue weighted by Gasteiger charge is -2.16. The number of rotatable bonds is 7. The summed E-state index contributed by atoms with van der Waals surface area (Å²) in [5.74, 6) is 0.0423. The maximum absolute atomic E-state index is 12.7. The molecule has 5 heteroatoms. The molecule has 0 saturated carbocycles. The molecule has 0 aliphatic carbocycles. The van der Waals surface area contributed by atoms with Gasteiger partial charge in [0.2, 0.25) is 0 Å². The van der Waals surface area contributed by atoms with Crippen LogP contribution in [0.4, 0.5) is 0 Å². The third-order valence-electron chi connectivity index (χ3n) is 3.91. The van der Waals surface area contributed by atoms with Crippen molar-refractivity contribution in [3.63, 3.8) is 0 Å². The van der Waals surface area contributed by atoms with Crippen LogP contribution in [0.1, 0.15) is 25.8 Å². The summed E-state index contributed by atoms with van der Waals surface area (Å²) in [6, 6.07) is 7.30. The molecule has 2 rings (SSSR count). The molecule has 1 aliphatic rings. The predicted molar refractivity (Wildman–Crippen MR) is 96.8 cm³/mol. The average molecular weight is 341 g/mol. The zero-order valence-corrected chi connectivity index (χ0v) is 14.9. The zero-order valence-electron chi connectivity index (χ0n) is 14.9. The number of nitrogens with zero attached hydrogens (tertiary/aromatic N) is 1. The monoisotopic (exact) mass is 341 g/mol. The van der Waals surface area contributed by atoms with Gasteiger partial charge >= 0.3 is 5.97 Å². The molecule has 0 atom stereocenters. The maximum Gasteiger partial charge on any atom is 0.340 e. The van der Waals surface area contributed by atoms with Gasteiger partial charge in [0.1, 0.15) is 12.4 Å². The number of benzene rings is 1. The van der Waals surface area contributed by atoms with Gasteiger partial charge in [-0.3, -0.25) is 4.79 Å². The molecule has 1 amide bonds. The number of hydrogen-bond acceptors (Lipinski definition) is 4. The van der Waals surface area contributed by atoms with Crippen molar-refractivity contribution in [2.24, 2.45) is 0 Å². The molecular formula is C20H23NO4. The van der Waals surface area contributed by atoms with Crippen LogP contribution in [0.3, 0.4) is 0 Å². The summed E-state index contributed by atoms with van der Waals surface area (Å²) >= 11 is 0. The second kappa shape index (κ2) is 8.33. The van der Waals surface area contributed by atoms with Gasteiger partial charge in [-0.05, 0) is 37.1 Å². The summed E-state index contributed by atoms with van der Waals surface area (Å²) in [6.07, 6.45) is 4.19. The number of amides is 1. The Balaban J connectivity index is 2.37. The highest BCUT2D eigenvalue weighted by atomic mass is 16.5. The van der Waals surface area contributed by atoms with E-state index < -0.39 is 5.97 Å². The van der Waals surface area contributed by atoms with Crippen LogP contribution in [0.5, 0.6) is 5.75 Å². The highest BCUT2D eigenvalue weighted by Gasteiger charge is 2.36. The molecule has 0 radical (unpaired) electrons. The van der Waals surface area contributed by atoms with E-state index in [9.17, 15) is 9.59 Å². The Labute approximate surface area is 148 Å². The van der Waals surface area contributed by atoms with Crippen molar-refractivity contribution in [2.75, 3.05) is 20.3 Å². The Kier molecular flexibility index (Phi) is 6.17. The quantitative estimate of drug-likeness (QED) is 0.434. The minimum Gasteiger partial charge on any atom is -0.490 e. The predicted octanol–water partition coefficient (Wildman–Crippen LogP) is 3.33. The van der Waals surface area contributed by atoms with Crippen LogP contribution in [0.25, 0.3) is 6.08 Å². The SMILES string of the molecule is C=CCOc1ccc(/C=C2\C(=O)N(CCC)C(C)=C2C(=O)OC)cc1. The van der Waals surface area contributed by atoms with E-state index in [1.54, 1.807) is 24.0 Å². The van der Waals surface area contributed by atoms with E-state index in [0.29, 0.717) is 35.7 Å². The fourth-order valence-electron chi connectivity index (χ4n) is 2.70. The molecule has 0 unspecified atom stereocenters. The second-order valence-electron chi connectivity index (χ2n) is 5.64. The molecule has 132 valence electrons. The highest BCUT2D eigenvalue weighted by Crippen LogP contribution is 2.31. The third kappa shape index (κ3) is 3.99. The van der Waals surface area contributed by atoms with E-state index in [4.69, 9.17) is 9.47 Å². The fraction of sp³-hybridized carbons (Fsp3) is 0.300. The Morgan fingerprint density at radius 1 is 1.28 bits per heavy atom. The standard InChI is InChI=1S/C20H23NO4/c1-5-11-21-14(3)18(20(23)24-4)17(19(21)22)13-15-7-9-16(10-8-15)25-12-6-2/h6-10,13H,2,5,11-12H2,1,3-4H3/b17-13-. The molecule has 0 N–H and O–H groups in total. The van der Waals surface area contributed by atoms with Crippen LogP contribution in [-0.4, -0.2) is 37.0 Å². The molecule has 1 aliphatic heterocycles. The van der Waals surface area contributed by atoms with Gasteiger partial charge < -0.3 is 14.4 Å². The molecule has 0 bridgehead atoms. The highest BCUT2D eigenvalue weighted by molar-refractivity contribution is 6.16. The van der Waals surface area contributed by atoms with E-state index in [1.807, 2.05) is 31.2 Å². The number of carbonyl (C=O) groups is 2. The first-order chi connectivity index (χ1) is 12.0. The molecule has 5 nitrogen and oxygen atoms in total. The van der Waals surface area contributed by atoms with E-state index in [-0.39, 0.29) is 5.91 Å². The van der Waals surface area contributed by atoms with Crippen molar-refractivity contribution in [1.29, 1.82) is 0 Å². The Morgan fingerprint density at radius 2 is 1.96 bits per heavy atom. The minimum atomic E-state index is -0.498. The van der Waals surface area contributed by atoms with Gasteiger partial charge in [0.25, 0.3) is 5.91 Å². The summed E-state index contributed by atoms with van der Waals surface area (Å²) in [7, 11) is 1.32. The summed E-state index contributed by atoms with van der Waals surface area (Å²) in [5.41, 5.74) is 2.13. The first kappa shape index (κ1) is 18.5. The van der Waals surface area contributed by atoms with Crippen LogP contribution < -0.4 is 4.74 Å². The van der Waals surface area contributed by atoms with Crippen molar-refractivity contribution in [1.82, 2.24) is 4.90 Å². The zero-order chi connectivity index (χ0) is 18.4. The smallest absolute Gasteiger partial charge is 0.340 e. The Hall–Kier alpha value is -2.82. The Morgan fingerprint density at radius 3 is 2.52 bits per heavy atom. The third-order valence-corrected chi connectivity index (χ3v) is 3.91. The topological polar surface area (TPSA) is 55.8 Å². The van der Waals surface area contributed by atoms with Gasteiger partial charge in [-0.15, -0.1) is 0 Å². The van der Waals surface area contributed by atoms with Crippen molar-refractivity contribution in [3.8, 4) is 5.75 Å². The van der Waals surface area contributed by atoms with Crippen LogP contribution in [0, 0.1) is 0 Å². The molecule has 1 aromatic carbocycles. The lowest BCUT2D eigenvalue weighted by Crippen LogP contribution is -2.25. The molecule has 0 aromatic heterocycles. The van der Waals surface area contributed by atoms with Crippen molar-refractivity contribution < 1.29 is 19.1 Å². The molecule has 1 aromatic rings. The van der Waals surface area contributed by atoms with E-state index in [0.717, 1.165) is 12.0 Å². The van der Waals surface area contributed by atoms with Gasteiger partial charge in [-0.1, -0.05) is 31.7 Å². The molecule has 0 spiro atoms. The Bertz CT molecular complexity index is 729. The number of ether oxygens (including phenoxy) is 2. The summed E-state index contributed by atoms with van der Waals surface area (Å²) in [5, 5.41) is 0. The fourth-order valence-corrected chi connectivity index (χ4v) is 2.70. The normalized spacial score (nSPS) is 15.7. The number of carbonyl (C=O) groups excluding carboxylic acids is 2. The van der Waals surface area contributed by atoms with E-state index in [2.05, 4.69) is 6.58 Å². The van der Waals surface area contributed by atoms with Gasteiger partial charge in [-0.2, -0.15) is 0 Å².